The first-order valence-electron chi connectivity index (χ1n) is 9.28. The average molecular weight is 436 g/mol. The van der Waals surface area contributed by atoms with Crippen molar-refractivity contribution in [3.05, 3.63) is 64.2 Å². The van der Waals surface area contributed by atoms with Gasteiger partial charge in [-0.25, -0.2) is 8.42 Å². The van der Waals surface area contributed by atoms with Crippen molar-refractivity contribution in [1.29, 1.82) is 0 Å². The zero-order valence-corrected chi connectivity index (χ0v) is 17.9. The van der Waals surface area contributed by atoms with Crippen LogP contribution in [-0.4, -0.2) is 45.2 Å². The van der Waals surface area contributed by atoms with Crippen LogP contribution in [0.4, 0.5) is 11.4 Å². The van der Waals surface area contributed by atoms with Crippen molar-refractivity contribution in [3.8, 4) is 5.75 Å². The van der Waals surface area contributed by atoms with Gasteiger partial charge in [0.15, 0.2) is 0 Å². The second-order valence-electron chi connectivity index (χ2n) is 6.75. The fraction of sp³-hybridized carbons (Fsp3) is 0.350. The normalized spacial score (nSPS) is 12.1. The first kappa shape index (κ1) is 23.1. The molecule has 2 rings (SSSR count). The number of amides is 1. The van der Waals surface area contributed by atoms with Crippen LogP contribution in [0.2, 0.25) is 0 Å². The number of carbonyl (C=O) groups is 1. The van der Waals surface area contributed by atoms with Crippen molar-refractivity contribution >= 4 is 27.3 Å². The van der Waals surface area contributed by atoms with Crippen LogP contribution in [0.5, 0.6) is 5.75 Å². The number of hydrogen-bond donors (Lipinski definition) is 1. The van der Waals surface area contributed by atoms with Crippen LogP contribution < -0.4 is 14.4 Å². The van der Waals surface area contributed by atoms with E-state index in [0.29, 0.717) is 13.0 Å². The predicted octanol–water partition coefficient (Wildman–Crippen LogP) is 2.51. The van der Waals surface area contributed by atoms with Gasteiger partial charge in [-0.05, 0) is 43.5 Å². The first-order valence-corrected chi connectivity index (χ1v) is 11.1. The molecule has 10 heteroatoms. The third-order valence-electron chi connectivity index (χ3n) is 4.48. The molecule has 30 heavy (non-hydrogen) atoms. The summed E-state index contributed by atoms with van der Waals surface area (Å²) in [5.74, 6) is 0.282. The van der Waals surface area contributed by atoms with E-state index in [1.165, 1.54) is 25.1 Å². The maximum absolute atomic E-state index is 12.6. The minimum absolute atomic E-state index is 0.0626. The molecule has 0 unspecified atom stereocenters. The lowest BCUT2D eigenvalue weighted by Crippen LogP contribution is -2.48. The summed E-state index contributed by atoms with van der Waals surface area (Å²) in [6.07, 6.45) is 2.36. The molecule has 2 aromatic rings. The quantitative estimate of drug-likeness (QED) is 0.348. The number of methoxy groups -OCH3 is 1. The lowest BCUT2D eigenvalue weighted by Gasteiger charge is -2.28. The molecule has 0 fully saturated rings. The zero-order chi connectivity index (χ0) is 22.3. The molecule has 1 N–H and O–H groups in total. The van der Waals surface area contributed by atoms with E-state index in [-0.39, 0.29) is 11.4 Å². The van der Waals surface area contributed by atoms with E-state index >= 15 is 0 Å². The maximum Gasteiger partial charge on any atom is 0.271 e. The third kappa shape index (κ3) is 6.18. The number of carbonyl (C=O) groups excluding carboxylic acids is 1. The van der Waals surface area contributed by atoms with Crippen LogP contribution in [-0.2, 0) is 21.2 Å². The van der Waals surface area contributed by atoms with Gasteiger partial charge in [0, 0.05) is 18.7 Å². The van der Waals surface area contributed by atoms with Gasteiger partial charge < -0.3 is 10.1 Å². The Balaban J connectivity index is 2.01. The molecule has 0 spiro atoms. The van der Waals surface area contributed by atoms with Crippen LogP contribution in [0.15, 0.2) is 48.5 Å². The van der Waals surface area contributed by atoms with Crippen molar-refractivity contribution < 1.29 is 22.9 Å². The van der Waals surface area contributed by atoms with Crippen molar-refractivity contribution in [3.63, 3.8) is 0 Å². The molecule has 1 atom stereocenters. The van der Waals surface area contributed by atoms with Gasteiger partial charge in [0.2, 0.25) is 15.9 Å². The molecule has 0 aliphatic rings. The number of nitro benzene ring substituents is 1. The molecule has 2 aromatic carbocycles. The number of nitro groups is 1. The Kier molecular flexibility index (Phi) is 7.76. The molecule has 0 aromatic heterocycles. The summed E-state index contributed by atoms with van der Waals surface area (Å²) in [5, 5.41) is 13.7. The Morgan fingerprint density at radius 2 is 1.90 bits per heavy atom. The Bertz CT molecular complexity index is 992. The summed E-state index contributed by atoms with van der Waals surface area (Å²) in [4.78, 5) is 22.9. The average Bonchev–Trinajstić information content (AvgIpc) is 2.70. The fourth-order valence-corrected chi connectivity index (χ4v) is 4.16. The van der Waals surface area contributed by atoms with E-state index in [0.717, 1.165) is 34.4 Å². The highest BCUT2D eigenvalue weighted by Crippen LogP contribution is 2.25. The molecule has 0 saturated heterocycles. The van der Waals surface area contributed by atoms with E-state index in [1.807, 2.05) is 24.3 Å². The fourth-order valence-electron chi connectivity index (χ4n) is 3.00. The smallest absolute Gasteiger partial charge is 0.271 e. The van der Waals surface area contributed by atoms with Gasteiger partial charge in [-0.3, -0.25) is 19.2 Å². The third-order valence-corrected chi connectivity index (χ3v) is 5.73. The first-order chi connectivity index (χ1) is 14.1. The van der Waals surface area contributed by atoms with Crippen molar-refractivity contribution in [2.75, 3.05) is 24.2 Å². The highest BCUT2D eigenvalue weighted by molar-refractivity contribution is 7.92. The minimum atomic E-state index is -3.85. The Hall–Kier alpha value is -3.14. The van der Waals surface area contributed by atoms with Gasteiger partial charge >= 0.3 is 0 Å². The monoisotopic (exact) mass is 435 g/mol. The summed E-state index contributed by atoms with van der Waals surface area (Å²) in [7, 11) is -2.25. The number of sulfonamides is 1. The number of rotatable bonds is 10. The SMILES string of the molecule is COc1ccc(CCCNC(=O)[C@H](C)N(c2cccc([N+](=O)[O-])c2)S(C)(=O)=O)cc1. The molecule has 0 radical (unpaired) electrons. The van der Waals surface area contributed by atoms with Crippen molar-refractivity contribution in [2.45, 2.75) is 25.8 Å². The summed E-state index contributed by atoms with van der Waals surface area (Å²) in [6, 6.07) is 11.7. The molecule has 0 aliphatic heterocycles. The maximum atomic E-state index is 12.6. The number of aryl methyl sites for hydroxylation is 1. The molecule has 9 nitrogen and oxygen atoms in total. The second-order valence-corrected chi connectivity index (χ2v) is 8.61. The van der Waals surface area contributed by atoms with Crippen LogP contribution in [0.25, 0.3) is 0 Å². The van der Waals surface area contributed by atoms with Crippen molar-refractivity contribution in [2.24, 2.45) is 0 Å². The summed E-state index contributed by atoms with van der Waals surface area (Å²) in [5.41, 5.74) is 0.897. The number of nitrogens with one attached hydrogen (secondary N) is 1. The van der Waals surface area contributed by atoms with E-state index in [4.69, 9.17) is 4.74 Å². The van der Waals surface area contributed by atoms with Gasteiger partial charge in [-0.15, -0.1) is 0 Å². The molecule has 0 heterocycles. The Labute approximate surface area is 175 Å². The highest BCUT2D eigenvalue weighted by atomic mass is 32.2. The molecular formula is C20H25N3O6S. The van der Waals surface area contributed by atoms with E-state index in [9.17, 15) is 23.3 Å². The summed E-state index contributed by atoms with van der Waals surface area (Å²) in [6.45, 7) is 1.81. The predicted molar refractivity (Wildman–Crippen MR) is 114 cm³/mol. The molecule has 162 valence electrons. The van der Waals surface area contributed by atoms with Gasteiger partial charge in [0.25, 0.3) is 5.69 Å². The molecular weight excluding hydrogens is 410 g/mol. The van der Waals surface area contributed by atoms with Crippen LogP contribution in [0.1, 0.15) is 18.9 Å². The van der Waals surface area contributed by atoms with Gasteiger partial charge in [-0.1, -0.05) is 18.2 Å². The van der Waals surface area contributed by atoms with Gasteiger partial charge in [0.05, 0.1) is 24.0 Å². The van der Waals surface area contributed by atoms with Crippen LogP contribution in [0.3, 0.4) is 0 Å². The largest absolute Gasteiger partial charge is 0.497 e. The van der Waals surface area contributed by atoms with E-state index < -0.39 is 26.9 Å². The van der Waals surface area contributed by atoms with Crippen LogP contribution in [0, 0.1) is 10.1 Å². The topological polar surface area (TPSA) is 119 Å². The van der Waals surface area contributed by atoms with E-state index in [1.54, 1.807) is 7.11 Å². The minimum Gasteiger partial charge on any atom is -0.497 e. The number of benzene rings is 2. The van der Waals surface area contributed by atoms with Gasteiger partial charge in [0.1, 0.15) is 11.8 Å². The Morgan fingerprint density at radius 3 is 2.47 bits per heavy atom. The summed E-state index contributed by atoms with van der Waals surface area (Å²) < 4.78 is 30.6. The highest BCUT2D eigenvalue weighted by Gasteiger charge is 2.29. The number of nitrogens with zero attached hydrogens (tertiary/aromatic N) is 2. The summed E-state index contributed by atoms with van der Waals surface area (Å²) >= 11 is 0. The number of ether oxygens (including phenoxy) is 1. The number of non-ortho nitro benzene ring substituents is 1. The number of hydrogen-bond acceptors (Lipinski definition) is 6. The van der Waals surface area contributed by atoms with E-state index in [2.05, 4.69) is 5.32 Å². The lowest BCUT2D eigenvalue weighted by atomic mass is 10.1. The van der Waals surface area contributed by atoms with Crippen LogP contribution >= 0.6 is 0 Å². The van der Waals surface area contributed by atoms with Crippen molar-refractivity contribution in [1.82, 2.24) is 5.32 Å². The molecule has 0 aliphatic carbocycles. The standard InChI is InChI=1S/C20H25N3O6S/c1-15(20(24)21-13-5-6-16-9-11-19(29-2)12-10-16)22(30(3,27)28)17-7-4-8-18(14-17)23(25)26/h4,7-12,14-15H,5-6,13H2,1-3H3,(H,21,24)/t15-/m0/s1. The lowest BCUT2D eigenvalue weighted by molar-refractivity contribution is -0.384. The Morgan fingerprint density at radius 1 is 1.23 bits per heavy atom. The molecule has 0 bridgehead atoms. The van der Waals surface area contributed by atoms with Gasteiger partial charge in [-0.2, -0.15) is 0 Å². The second kappa shape index (κ2) is 10.1. The zero-order valence-electron chi connectivity index (χ0n) is 17.1. The molecule has 0 saturated carbocycles. The number of anilines is 1. The molecule has 1 amide bonds.